The third kappa shape index (κ3) is 4.52. The maximum absolute atomic E-state index is 14.4. The summed E-state index contributed by atoms with van der Waals surface area (Å²) in [5.41, 5.74) is 1.51. The smallest absolute Gasteiger partial charge is 0.255 e. The average molecular weight is 434 g/mol. The number of halogens is 1. The topological polar surface area (TPSA) is 95.6 Å². The van der Waals surface area contributed by atoms with Crippen molar-refractivity contribution in [3.63, 3.8) is 0 Å². The van der Waals surface area contributed by atoms with E-state index >= 15 is 0 Å². The molecule has 2 aromatic carbocycles. The van der Waals surface area contributed by atoms with Crippen LogP contribution in [-0.4, -0.2) is 44.7 Å². The van der Waals surface area contributed by atoms with Gasteiger partial charge < -0.3 is 10.6 Å². The largest absolute Gasteiger partial charge is 0.355 e. The second kappa shape index (κ2) is 8.93. The first-order valence-electron chi connectivity index (χ1n) is 9.68. The summed E-state index contributed by atoms with van der Waals surface area (Å²) in [6.07, 6.45) is 2.38. The maximum Gasteiger partial charge on any atom is 0.255 e. The van der Waals surface area contributed by atoms with Gasteiger partial charge in [0.25, 0.3) is 11.8 Å². The van der Waals surface area contributed by atoms with Crippen molar-refractivity contribution in [3.8, 4) is 0 Å². The second-order valence-corrected chi connectivity index (χ2v) is 9.08. The number of hydrogen-bond donors (Lipinski definition) is 2. The fourth-order valence-electron chi connectivity index (χ4n) is 3.32. The molecule has 7 nitrogen and oxygen atoms in total. The Hall–Kier alpha value is -2.78. The van der Waals surface area contributed by atoms with Gasteiger partial charge in [0.15, 0.2) is 0 Å². The van der Waals surface area contributed by atoms with E-state index in [9.17, 15) is 22.4 Å². The molecule has 30 heavy (non-hydrogen) atoms. The summed E-state index contributed by atoms with van der Waals surface area (Å²) >= 11 is 0. The van der Waals surface area contributed by atoms with Gasteiger partial charge >= 0.3 is 0 Å². The van der Waals surface area contributed by atoms with E-state index in [0.29, 0.717) is 24.3 Å². The molecule has 2 N–H and O–H groups in total. The number of sulfonamides is 1. The van der Waals surface area contributed by atoms with Crippen LogP contribution in [0.1, 0.15) is 45.5 Å². The van der Waals surface area contributed by atoms with E-state index in [0.717, 1.165) is 37.0 Å². The van der Waals surface area contributed by atoms with Crippen molar-refractivity contribution in [2.45, 2.75) is 31.1 Å². The molecule has 0 radical (unpaired) electrons. The average Bonchev–Trinajstić information content (AvgIpc) is 2.75. The number of anilines is 1. The molecule has 0 unspecified atom stereocenters. The van der Waals surface area contributed by atoms with Crippen LogP contribution in [0.3, 0.4) is 0 Å². The minimum absolute atomic E-state index is 0.0109. The molecule has 0 saturated carbocycles. The van der Waals surface area contributed by atoms with E-state index in [1.165, 1.54) is 23.5 Å². The van der Waals surface area contributed by atoms with Crippen molar-refractivity contribution in [1.29, 1.82) is 0 Å². The SMILES string of the molecule is CNC(=O)c1ccc(C)c(NC(=O)c2ccc(F)c(S(=O)(=O)N3CCCCC3)c2)c1. The predicted molar refractivity (Wildman–Crippen MR) is 112 cm³/mol. The van der Waals surface area contributed by atoms with E-state index in [1.54, 1.807) is 19.1 Å². The molecule has 0 atom stereocenters. The van der Waals surface area contributed by atoms with E-state index in [2.05, 4.69) is 10.6 Å². The van der Waals surface area contributed by atoms with Crippen LogP contribution in [0.5, 0.6) is 0 Å². The van der Waals surface area contributed by atoms with Crippen LogP contribution in [0, 0.1) is 12.7 Å². The molecule has 0 spiro atoms. The van der Waals surface area contributed by atoms with Crippen molar-refractivity contribution in [2.75, 3.05) is 25.5 Å². The normalized spacial score (nSPS) is 14.9. The number of carbonyl (C=O) groups excluding carboxylic acids is 2. The fraction of sp³-hybridized carbons (Fsp3) is 0.333. The molecule has 1 heterocycles. The summed E-state index contributed by atoms with van der Waals surface area (Å²) in [6, 6.07) is 8.13. The number of amides is 2. The van der Waals surface area contributed by atoms with Gasteiger partial charge in [0.05, 0.1) is 0 Å². The summed E-state index contributed by atoms with van der Waals surface area (Å²) in [5, 5.41) is 5.18. The lowest BCUT2D eigenvalue weighted by molar-refractivity contribution is 0.0961. The molecule has 160 valence electrons. The first kappa shape index (κ1) is 21.9. The molecule has 1 fully saturated rings. The first-order valence-corrected chi connectivity index (χ1v) is 11.1. The lowest BCUT2D eigenvalue weighted by Crippen LogP contribution is -2.36. The zero-order chi connectivity index (χ0) is 21.9. The van der Waals surface area contributed by atoms with E-state index in [-0.39, 0.29) is 11.5 Å². The van der Waals surface area contributed by atoms with E-state index in [1.807, 2.05) is 0 Å². The molecular weight excluding hydrogens is 409 g/mol. The van der Waals surface area contributed by atoms with Crippen LogP contribution >= 0.6 is 0 Å². The third-order valence-corrected chi connectivity index (χ3v) is 7.01. The van der Waals surface area contributed by atoms with E-state index < -0.39 is 26.6 Å². The van der Waals surface area contributed by atoms with Gasteiger partial charge in [-0.1, -0.05) is 12.5 Å². The molecule has 9 heteroatoms. The number of hydrogen-bond acceptors (Lipinski definition) is 4. The number of piperidine rings is 1. The van der Waals surface area contributed by atoms with Crippen molar-refractivity contribution in [1.82, 2.24) is 9.62 Å². The quantitative estimate of drug-likeness (QED) is 0.758. The van der Waals surface area contributed by atoms with Gasteiger partial charge in [0, 0.05) is 37.0 Å². The van der Waals surface area contributed by atoms with Crippen molar-refractivity contribution in [3.05, 3.63) is 58.9 Å². The Bertz CT molecular complexity index is 1080. The van der Waals surface area contributed by atoms with Crippen LogP contribution in [0.25, 0.3) is 0 Å². The van der Waals surface area contributed by atoms with Crippen LogP contribution in [0.2, 0.25) is 0 Å². The molecule has 1 aliphatic rings. The van der Waals surface area contributed by atoms with Crippen LogP contribution in [-0.2, 0) is 10.0 Å². The Balaban J connectivity index is 1.89. The van der Waals surface area contributed by atoms with Crippen LogP contribution in [0.4, 0.5) is 10.1 Å². The second-order valence-electron chi connectivity index (χ2n) is 7.17. The van der Waals surface area contributed by atoms with Crippen molar-refractivity contribution < 1.29 is 22.4 Å². The van der Waals surface area contributed by atoms with Crippen LogP contribution in [0.15, 0.2) is 41.3 Å². The Labute approximate surface area is 175 Å². The number of aryl methyl sites for hydroxylation is 1. The molecule has 0 bridgehead atoms. The highest BCUT2D eigenvalue weighted by molar-refractivity contribution is 7.89. The fourth-order valence-corrected chi connectivity index (χ4v) is 4.93. The molecule has 2 amide bonds. The van der Waals surface area contributed by atoms with Gasteiger partial charge in [0.2, 0.25) is 10.0 Å². The van der Waals surface area contributed by atoms with Gasteiger partial charge in [-0.05, 0) is 55.7 Å². The molecule has 0 aliphatic carbocycles. The molecule has 0 aromatic heterocycles. The summed E-state index contributed by atoms with van der Waals surface area (Å²) in [4.78, 5) is 24.1. The Kier molecular flexibility index (Phi) is 6.52. The maximum atomic E-state index is 14.4. The van der Waals surface area contributed by atoms with Gasteiger partial charge in [-0.15, -0.1) is 0 Å². The van der Waals surface area contributed by atoms with Crippen molar-refractivity contribution >= 4 is 27.5 Å². The highest BCUT2D eigenvalue weighted by Gasteiger charge is 2.29. The number of nitrogens with one attached hydrogen (secondary N) is 2. The summed E-state index contributed by atoms with van der Waals surface area (Å²) < 4.78 is 41.3. The van der Waals surface area contributed by atoms with Crippen LogP contribution < -0.4 is 10.6 Å². The number of nitrogens with zero attached hydrogens (tertiary/aromatic N) is 1. The lowest BCUT2D eigenvalue weighted by atomic mass is 10.1. The molecule has 2 aromatic rings. The van der Waals surface area contributed by atoms with Gasteiger partial charge in [-0.25, -0.2) is 12.8 Å². The number of carbonyl (C=O) groups is 2. The highest BCUT2D eigenvalue weighted by Crippen LogP contribution is 2.25. The molecule has 3 rings (SSSR count). The summed E-state index contributed by atoms with van der Waals surface area (Å²) in [7, 11) is -2.52. The molecular formula is C21H24FN3O4S. The summed E-state index contributed by atoms with van der Waals surface area (Å²) in [6.45, 7) is 2.44. The number of rotatable bonds is 5. The monoisotopic (exact) mass is 433 g/mol. The first-order chi connectivity index (χ1) is 14.2. The minimum atomic E-state index is -4.03. The third-order valence-electron chi connectivity index (χ3n) is 5.10. The van der Waals surface area contributed by atoms with Crippen molar-refractivity contribution in [2.24, 2.45) is 0 Å². The Morgan fingerprint density at radius 3 is 2.27 bits per heavy atom. The zero-order valence-electron chi connectivity index (χ0n) is 16.9. The zero-order valence-corrected chi connectivity index (χ0v) is 17.7. The molecule has 1 aliphatic heterocycles. The Morgan fingerprint density at radius 1 is 0.967 bits per heavy atom. The standard InChI is InChI=1S/C21H24FN3O4S/c1-14-6-7-15(20(26)23-2)12-18(14)24-21(27)16-8-9-17(22)19(13-16)30(28,29)25-10-4-3-5-11-25/h6-9,12-13H,3-5,10-11H2,1-2H3,(H,23,26)(H,24,27). The number of benzene rings is 2. The predicted octanol–water partition coefficient (Wildman–Crippen LogP) is 2.92. The highest BCUT2D eigenvalue weighted by atomic mass is 32.2. The van der Waals surface area contributed by atoms with Gasteiger partial charge in [0.1, 0.15) is 10.7 Å². The lowest BCUT2D eigenvalue weighted by Gasteiger charge is -2.26. The van der Waals surface area contributed by atoms with Gasteiger partial charge in [-0.3, -0.25) is 9.59 Å². The Morgan fingerprint density at radius 2 is 1.60 bits per heavy atom. The molecule has 1 saturated heterocycles. The van der Waals surface area contributed by atoms with E-state index in [4.69, 9.17) is 0 Å². The summed E-state index contributed by atoms with van der Waals surface area (Å²) in [5.74, 6) is -1.79. The van der Waals surface area contributed by atoms with Gasteiger partial charge in [-0.2, -0.15) is 4.31 Å². The minimum Gasteiger partial charge on any atom is -0.355 e.